The summed E-state index contributed by atoms with van der Waals surface area (Å²) < 4.78 is 10.6. The Balaban J connectivity index is 1.29. The van der Waals surface area contributed by atoms with Crippen LogP contribution in [0.15, 0.2) is 72.0 Å². The molecule has 0 heterocycles. The lowest BCUT2D eigenvalue weighted by Gasteiger charge is -2.23. The van der Waals surface area contributed by atoms with Gasteiger partial charge in [-0.2, -0.15) is 0 Å². The van der Waals surface area contributed by atoms with E-state index in [0.717, 1.165) is 22.3 Å². The minimum Gasteiger partial charge on any atom is -0.499 e. The standard InChI is InChI=1S/C25H24N2O6/c1-32-22-12-15(24(29)30)10-11-21(22)27-23(28)13-26-25(31)33-14-20-18-8-4-2-6-16(18)17-7-3-5-9-19(17)20/h2-10,12,20-21H,11,13-14H2,1H3,(H,26,31)(H,27,28)(H,29,30). The first-order valence-corrected chi connectivity index (χ1v) is 10.5. The number of methoxy groups -OCH3 is 1. The highest BCUT2D eigenvalue weighted by Crippen LogP contribution is 2.44. The van der Waals surface area contributed by atoms with E-state index in [-0.39, 0.29) is 31.1 Å². The number of alkyl carbamates (subject to hydrolysis) is 1. The second-order valence-electron chi connectivity index (χ2n) is 7.75. The number of carboxylic acid groups (broad SMARTS) is 1. The Morgan fingerprint density at radius 3 is 2.27 bits per heavy atom. The summed E-state index contributed by atoms with van der Waals surface area (Å²) in [5.74, 6) is -1.23. The van der Waals surface area contributed by atoms with Crippen molar-refractivity contribution in [1.29, 1.82) is 0 Å². The van der Waals surface area contributed by atoms with Gasteiger partial charge in [0, 0.05) is 5.92 Å². The van der Waals surface area contributed by atoms with E-state index in [1.54, 1.807) is 0 Å². The molecule has 0 saturated carbocycles. The average Bonchev–Trinajstić information content (AvgIpc) is 3.15. The first-order chi connectivity index (χ1) is 16.0. The first kappa shape index (κ1) is 22.1. The highest BCUT2D eigenvalue weighted by molar-refractivity contribution is 5.90. The highest BCUT2D eigenvalue weighted by Gasteiger charge is 2.29. The minimum absolute atomic E-state index is 0.0659. The lowest BCUT2D eigenvalue weighted by molar-refractivity contribution is -0.132. The molecule has 1 unspecified atom stereocenters. The number of ether oxygens (including phenoxy) is 2. The molecule has 0 radical (unpaired) electrons. The first-order valence-electron chi connectivity index (χ1n) is 10.5. The molecule has 0 fully saturated rings. The maximum atomic E-state index is 12.3. The molecule has 170 valence electrons. The molecule has 0 saturated heterocycles. The molecule has 2 aromatic carbocycles. The van der Waals surface area contributed by atoms with Crippen LogP contribution in [0.4, 0.5) is 4.79 Å². The Bertz CT molecular complexity index is 1110. The van der Waals surface area contributed by atoms with Crippen molar-refractivity contribution < 1.29 is 29.0 Å². The normalized spacial score (nSPS) is 16.6. The number of carboxylic acids is 1. The predicted octanol–water partition coefficient (Wildman–Crippen LogP) is 2.95. The van der Waals surface area contributed by atoms with Crippen LogP contribution in [-0.2, 0) is 19.1 Å². The van der Waals surface area contributed by atoms with E-state index in [4.69, 9.17) is 14.6 Å². The lowest BCUT2D eigenvalue weighted by atomic mass is 9.98. The van der Waals surface area contributed by atoms with Gasteiger partial charge in [-0.3, -0.25) is 4.79 Å². The zero-order chi connectivity index (χ0) is 23.4. The molecule has 0 aliphatic heterocycles. The van der Waals surface area contributed by atoms with Crippen LogP contribution in [0.25, 0.3) is 11.1 Å². The number of carbonyl (C=O) groups excluding carboxylic acids is 2. The topological polar surface area (TPSA) is 114 Å². The maximum Gasteiger partial charge on any atom is 0.407 e. The van der Waals surface area contributed by atoms with Crippen molar-refractivity contribution in [2.75, 3.05) is 20.3 Å². The molecule has 33 heavy (non-hydrogen) atoms. The van der Waals surface area contributed by atoms with E-state index in [2.05, 4.69) is 22.8 Å². The Morgan fingerprint density at radius 1 is 1.03 bits per heavy atom. The van der Waals surface area contributed by atoms with Crippen LogP contribution in [-0.4, -0.2) is 49.4 Å². The highest BCUT2D eigenvalue weighted by atomic mass is 16.5. The average molecular weight is 448 g/mol. The van der Waals surface area contributed by atoms with Crippen molar-refractivity contribution in [2.45, 2.75) is 18.4 Å². The summed E-state index contributed by atoms with van der Waals surface area (Å²) in [5, 5.41) is 14.3. The van der Waals surface area contributed by atoms with Crippen LogP contribution < -0.4 is 10.6 Å². The number of fused-ring (bicyclic) bond motifs is 3. The van der Waals surface area contributed by atoms with Gasteiger partial charge in [-0.1, -0.05) is 54.6 Å². The summed E-state index contributed by atoms with van der Waals surface area (Å²) in [6.07, 6.45) is 2.47. The Kier molecular flexibility index (Phi) is 6.44. The fourth-order valence-electron chi connectivity index (χ4n) is 4.20. The predicted molar refractivity (Wildman–Crippen MR) is 120 cm³/mol. The number of hydrogen-bond acceptors (Lipinski definition) is 5. The molecular formula is C25H24N2O6. The largest absolute Gasteiger partial charge is 0.499 e. The summed E-state index contributed by atoms with van der Waals surface area (Å²) in [4.78, 5) is 35.6. The number of rotatable bonds is 7. The van der Waals surface area contributed by atoms with Gasteiger partial charge in [-0.05, 0) is 34.8 Å². The zero-order valence-corrected chi connectivity index (χ0v) is 18.0. The van der Waals surface area contributed by atoms with E-state index >= 15 is 0 Å². The van der Waals surface area contributed by atoms with E-state index in [9.17, 15) is 14.4 Å². The monoisotopic (exact) mass is 448 g/mol. The summed E-state index contributed by atoms with van der Waals surface area (Å²) in [6, 6.07) is 15.6. The van der Waals surface area contributed by atoms with Gasteiger partial charge in [0.15, 0.2) is 0 Å². The van der Waals surface area contributed by atoms with Gasteiger partial charge in [0.25, 0.3) is 0 Å². The van der Waals surface area contributed by atoms with Gasteiger partial charge in [0.2, 0.25) is 5.91 Å². The molecule has 2 aliphatic rings. The quantitative estimate of drug-likeness (QED) is 0.600. The van der Waals surface area contributed by atoms with Gasteiger partial charge < -0.3 is 25.2 Å². The fourth-order valence-corrected chi connectivity index (χ4v) is 4.20. The number of carbonyl (C=O) groups is 3. The smallest absolute Gasteiger partial charge is 0.407 e. The third-order valence-corrected chi connectivity index (χ3v) is 5.77. The second-order valence-corrected chi connectivity index (χ2v) is 7.75. The second kappa shape index (κ2) is 9.60. The number of hydrogen-bond donors (Lipinski definition) is 3. The van der Waals surface area contributed by atoms with E-state index in [1.165, 1.54) is 19.3 Å². The Labute approximate surface area is 190 Å². The number of benzene rings is 2. The van der Waals surface area contributed by atoms with Crippen LogP contribution in [0.1, 0.15) is 23.5 Å². The Morgan fingerprint density at radius 2 is 1.67 bits per heavy atom. The molecule has 0 spiro atoms. The fraction of sp³-hybridized carbons (Fsp3) is 0.240. The molecule has 8 heteroatoms. The minimum atomic E-state index is -1.06. The van der Waals surface area contributed by atoms with Crippen molar-refractivity contribution in [3.8, 4) is 11.1 Å². The SMILES string of the molecule is COC1=CC(C(=O)O)=CCC1NC(=O)CNC(=O)OCC1c2ccccc2-c2ccccc21. The third kappa shape index (κ3) is 4.74. The van der Waals surface area contributed by atoms with Crippen LogP contribution in [0.3, 0.4) is 0 Å². The molecular weight excluding hydrogens is 424 g/mol. The molecule has 2 amide bonds. The molecule has 1 atom stereocenters. The molecule has 2 aromatic rings. The molecule has 8 nitrogen and oxygen atoms in total. The van der Waals surface area contributed by atoms with Crippen LogP contribution in [0, 0.1) is 0 Å². The van der Waals surface area contributed by atoms with Gasteiger partial charge in [0.1, 0.15) is 18.9 Å². The van der Waals surface area contributed by atoms with E-state index in [1.807, 2.05) is 36.4 Å². The number of amides is 2. The number of nitrogens with one attached hydrogen (secondary N) is 2. The zero-order valence-electron chi connectivity index (χ0n) is 18.0. The van der Waals surface area contributed by atoms with Gasteiger partial charge in [-0.15, -0.1) is 0 Å². The molecule has 2 aliphatic carbocycles. The summed E-state index contributed by atoms with van der Waals surface area (Å²) in [7, 11) is 1.41. The van der Waals surface area contributed by atoms with E-state index < -0.39 is 24.0 Å². The van der Waals surface area contributed by atoms with Crippen LogP contribution in [0.2, 0.25) is 0 Å². The van der Waals surface area contributed by atoms with Crippen molar-refractivity contribution in [3.05, 3.63) is 83.1 Å². The molecule has 3 N–H and O–H groups in total. The van der Waals surface area contributed by atoms with E-state index in [0.29, 0.717) is 5.76 Å². The van der Waals surface area contributed by atoms with Gasteiger partial charge in [-0.25, -0.2) is 9.59 Å². The van der Waals surface area contributed by atoms with Crippen molar-refractivity contribution in [2.24, 2.45) is 0 Å². The van der Waals surface area contributed by atoms with Gasteiger partial charge >= 0.3 is 12.1 Å². The van der Waals surface area contributed by atoms with Crippen LogP contribution in [0.5, 0.6) is 0 Å². The molecule has 0 bridgehead atoms. The summed E-state index contributed by atoms with van der Waals surface area (Å²) >= 11 is 0. The summed E-state index contributed by atoms with van der Waals surface area (Å²) in [5.41, 5.74) is 4.59. The molecule has 0 aromatic heterocycles. The lowest BCUT2D eigenvalue weighted by Crippen LogP contribution is -2.43. The third-order valence-electron chi connectivity index (χ3n) is 5.77. The van der Waals surface area contributed by atoms with Crippen molar-refractivity contribution >= 4 is 18.0 Å². The maximum absolute atomic E-state index is 12.3. The number of aliphatic carboxylic acids is 1. The Hall–Kier alpha value is -4.07. The van der Waals surface area contributed by atoms with Crippen molar-refractivity contribution in [1.82, 2.24) is 10.6 Å². The summed E-state index contributed by atoms with van der Waals surface area (Å²) in [6.45, 7) is -0.122. The van der Waals surface area contributed by atoms with Crippen molar-refractivity contribution in [3.63, 3.8) is 0 Å². The molecule has 4 rings (SSSR count). The van der Waals surface area contributed by atoms with Gasteiger partial charge in [0.05, 0.1) is 18.7 Å². The van der Waals surface area contributed by atoms with Crippen LogP contribution >= 0.6 is 0 Å².